The molecule has 2 rings (SSSR count). The zero-order valence-corrected chi connectivity index (χ0v) is 11.0. The Balaban J connectivity index is 2.15. The fraction of sp³-hybridized carbons (Fsp3) is 0.200. The fourth-order valence-electron chi connectivity index (χ4n) is 1.80. The minimum absolute atomic E-state index is 0.0632. The van der Waals surface area contributed by atoms with Crippen LogP contribution in [0.25, 0.3) is 0 Å². The molecule has 0 atom stereocenters. The molecule has 0 spiro atoms. The van der Waals surface area contributed by atoms with Gasteiger partial charge in [-0.3, -0.25) is 0 Å². The average molecular weight is 256 g/mol. The number of hydrogen-bond acceptors (Lipinski definition) is 3. The highest BCUT2D eigenvalue weighted by Crippen LogP contribution is 2.14. The van der Waals surface area contributed by atoms with Crippen LogP contribution in [0.5, 0.6) is 0 Å². The van der Waals surface area contributed by atoms with Crippen LogP contribution in [0.2, 0.25) is 0 Å². The van der Waals surface area contributed by atoms with Crippen molar-refractivity contribution >= 4 is 11.8 Å². The zero-order valence-electron chi connectivity index (χ0n) is 11.0. The van der Waals surface area contributed by atoms with E-state index in [0.29, 0.717) is 12.4 Å². The molecule has 98 valence electrons. The van der Waals surface area contributed by atoms with Crippen molar-refractivity contribution < 1.29 is 9.90 Å². The number of carbonyl (C=O) groups is 1. The third-order valence-corrected chi connectivity index (χ3v) is 2.88. The van der Waals surface area contributed by atoms with Gasteiger partial charge in [-0.25, -0.2) is 9.78 Å². The van der Waals surface area contributed by atoms with Crippen molar-refractivity contribution in [3.05, 3.63) is 59.3 Å². The Hall–Kier alpha value is -2.36. The van der Waals surface area contributed by atoms with E-state index in [2.05, 4.69) is 29.2 Å². The van der Waals surface area contributed by atoms with Crippen molar-refractivity contribution in [1.82, 2.24) is 4.98 Å². The predicted octanol–water partition coefficient (Wildman–Crippen LogP) is 2.72. The third-order valence-electron chi connectivity index (χ3n) is 2.88. The molecule has 1 heterocycles. The summed E-state index contributed by atoms with van der Waals surface area (Å²) in [6, 6.07) is 13.2. The monoisotopic (exact) mass is 256 g/mol. The lowest BCUT2D eigenvalue weighted by Crippen LogP contribution is -2.18. The molecule has 0 aliphatic carbocycles. The smallest absolute Gasteiger partial charge is 0.354 e. The van der Waals surface area contributed by atoms with E-state index in [1.54, 1.807) is 12.1 Å². The quantitative estimate of drug-likeness (QED) is 0.913. The van der Waals surface area contributed by atoms with E-state index in [0.717, 1.165) is 5.56 Å². The Morgan fingerprint density at radius 3 is 2.53 bits per heavy atom. The van der Waals surface area contributed by atoms with E-state index in [-0.39, 0.29) is 5.69 Å². The van der Waals surface area contributed by atoms with Crippen molar-refractivity contribution in [2.75, 3.05) is 11.9 Å². The lowest BCUT2D eigenvalue weighted by atomic mass is 10.1. The van der Waals surface area contributed by atoms with Gasteiger partial charge in [0.2, 0.25) is 0 Å². The second kappa shape index (κ2) is 5.52. The minimum Gasteiger partial charge on any atom is -0.477 e. The number of anilines is 1. The number of pyridine rings is 1. The van der Waals surface area contributed by atoms with E-state index >= 15 is 0 Å². The first kappa shape index (κ1) is 13.1. The Morgan fingerprint density at radius 2 is 1.89 bits per heavy atom. The molecule has 0 aliphatic rings. The highest BCUT2D eigenvalue weighted by atomic mass is 16.4. The SMILES string of the molecule is Cc1ccc(CN(C)c2cccc(C(=O)O)n2)cc1. The van der Waals surface area contributed by atoms with Gasteiger partial charge in [0.15, 0.2) is 5.69 Å². The molecule has 0 radical (unpaired) electrons. The molecule has 1 aromatic heterocycles. The lowest BCUT2D eigenvalue weighted by Gasteiger charge is -2.18. The molecule has 0 saturated heterocycles. The van der Waals surface area contributed by atoms with Crippen LogP contribution in [0.1, 0.15) is 21.6 Å². The van der Waals surface area contributed by atoms with Crippen molar-refractivity contribution in [3.8, 4) is 0 Å². The van der Waals surface area contributed by atoms with Crippen LogP contribution >= 0.6 is 0 Å². The molecule has 4 nitrogen and oxygen atoms in total. The highest BCUT2D eigenvalue weighted by Gasteiger charge is 2.08. The maximum Gasteiger partial charge on any atom is 0.354 e. The topological polar surface area (TPSA) is 53.4 Å². The van der Waals surface area contributed by atoms with Crippen LogP contribution in [-0.4, -0.2) is 23.1 Å². The minimum atomic E-state index is -1.01. The Morgan fingerprint density at radius 1 is 1.21 bits per heavy atom. The van der Waals surface area contributed by atoms with Crippen LogP contribution in [0.3, 0.4) is 0 Å². The summed E-state index contributed by atoms with van der Waals surface area (Å²) in [4.78, 5) is 16.9. The number of aryl methyl sites for hydroxylation is 1. The first-order valence-electron chi connectivity index (χ1n) is 6.03. The summed E-state index contributed by atoms with van der Waals surface area (Å²) in [5.41, 5.74) is 2.45. The second-order valence-electron chi connectivity index (χ2n) is 4.53. The number of aromatic carboxylic acids is 1. The van der Waals surface area contributed by atoms with Gasteiger partial charge in [0.1, 0.15) is 5.82 Å². The van der Waals surface area contributed by atoms with Gasteiger partial charge in [0, 0.05) is 13.6 Å². The molecule has 0 fully saturated rings. The van der Waals surface area contributed by atoms with Gasteiger partial charge in [0.25, 0.3) is 0 Å². The average Bonchev–Trinajstić information content (AvgIpc) is 2.41. The molecule has 19 heavy (non-hydrogen) atoms. The molecule has 0 amide bonds. The zero-order chi connectivity index (χ0) is 13.8. The molecule has 0 unspecified atom stereocenters. The highest BCUT2D eigenvalue weighted by molar-refractivity contribution is 5.85. The summed E-state index contributed by atoms with van der Waals surface area (Å²) in [5.74, 6) is -0.355. The number of carboxylic acid groups (broad SMARTS) is 1. The van der Waals surface area contributed by atoms with Crippen LogP contribution in [-0.2, 0) is 6.54 Å². The summed E-state index contributed by atoms with van der Waals surface area (Å²) < 4.78 is 0. The van der Waals surface area contributed by atoms with Crippen LogP contribution in [0.15, 0.2) is 42.5 Å². The lowest BCUT2D eigenvalue weighted by molar-refractivity contribution is 0.0690. The van der Waals surface area contributed by atoms with Gasteiger partial charge in [-0.05, 0) is 24.6 Å². The molecule has 0 bridgehead atoms. The Labute approximate surface area is 112 Å². The molecule has 1 aromatic carbocycles. The van der Waals surface area contributed by atoms with E-state index in [1.807, 2.05) is 18.9 Å². The number of hydrogen-bond donors (Lipinski definition) is 1. The summed E-state index contributed by atoms with van der Waals surface area (Å²) >= 11 is 0. The molecule has 1 N–H and O–H groups in total. The molecule has 0 saturated carbocycles. The van der Waals surface area contributed by atoms with Gasteiger partial charge < -0.3 is 10.0 Å². The van der Waals surface area contributed by atoms with E-state index in [4.69, 9.17) is 5.11 Å². The Bertz CT molecular complexity index is 579. The van der Waals surface area contributed by atoms with Crippen molar-refractivity contribution in [3.63, 3.8) is 0 Å². The van der Waals surface area contributed by atoms with E-state index in [1.165, 1.54) is 11.6 Å². The van der Waals surface area contributed by atoms with Crippen LogP contribution in [0.4, 0.5) is 5.82 Å². The number of rotatable bonds is 4. The first-order valence-corrected chi connectivity index (χ1v) is 6.03. The second-order valence-corrected chi connectivity index (χ2v) is 4.53. The first-order chi connectivity index (χ1) is 9.06. The number of nitrogens with zero attached hydrogens (tertiary/aromatic N) is 2. The number of benzene rings is 1. The summed E-state index contributed by atoms with van der Waals surface area (Å²) in [7, 11) is 1.90. The third kappa shape index (κ3) is 3.31. The van der Waals surface area contributed by atoms with Gasteiger partial charge in [-0.15, -0.1) is 0 Å². The predicted molar refractivity (Wildman–Crippen MR) is 74.5 cm³/mol. The Kier molecular flexibility index (Phi) is 3.80. The molecular weight excluding hydrogens is 240 g/mol. The van der Waals surface area contributed by atoms with Gasteiger partial charge >= 0.3 is 5.97 Å². The summed E-state index contributed by atoms with van der Waals surface area (Å²) in [6.45, 7) is 2.74. The number of carboxylic acids is 1. The summed E-state index contributed by atoms with van der Waals surface area (Å²) in [6.07, 6.45) is 0. The largest absolute Gasteiger partial charge is 0.477 e. The molecular formula is C15H16N2O2. The maximum atomic E-state index is 10.9. The van der Waals surface area contributed by atoms with Crippen molar-refractivity contribution in [2.24, 2.45) is 0 Å². The van der Waals surface area contributed by atoms with Gasteiger partial charge in [-0.2, -0.15) is 0 Å². The van der Waals surface area contributed by atoms with E-state index in [9.17, 15) is 4.79 Å². The van der Waals surface area contributed by atoms with Crippen LogP contribution < -0.4 is 4.90 Å². The molecule has 4 heteroatoms. The molecule has 2 aromatic rings. The number of aromatic nitrogens is 1. The van der Waals surface area contributed by atoms with E-state index < -0.39 is 5.97 Å². The maximum absolute atomic E-state index is 10.9. The summed E-state index contributed by atoms with van der Waals surface area (Å²) in [5, 5.41) is 8.93. The van der Waals surface area contributed by atoms with Gasteiger partial charge in [0.05, 0.1) is 0 Å². The van der Waals surface area contributed by atoms with Gasteiger partial charge in [-0.1, -0.05) is 35.9 Å². The molecule has 0 aliphatic heterocycles. The van der Waals surface area contributed by atoms with Crippen LogP contribution in [0, 0.1) is 6.92 Å². The van der Waals surface area contributed by atoms with Crippen molar-refractivity contribution in [1.29, 1.82) is 0 Å². The van der Waals surface area contributed by atoms with Crippen molar-refractivity contribution in [2.45, 2.75) is 13.5 Å². The fourth-order valence-corrected chi connectivity index (χ4v) is 1.80. The normalized spacial score (nSPS) is 10.2. The standard InChI is InChI=1S/C15H16N2O2/c1-11-6-8-12(9-7-11)10-17(2)14-5-3-4-13(16-14)15(18)19/h3-9H,10H2,1-2H3,(H,18,19).